The first kappa shape index (κ1) is 10.3. The van der Waals surface area contributed by atoms with E-state index in [0.717, 1.165) is 17.3 Å². The van der Waals surface area contributed by atoms with Crippen LogP contribution in [0.5, 0.6) is 0 Å². The van der Waals surface area contributed by atoms with Crippen LogP contribution in [0.1, 0.15) is 19.4 Å². The molecule has 1 aliphatic carbocycles. The van der Waals surface area contributed by atoms with E-state index in [9.17, 15) is 4.79 Å². The highest BCUT2D eigenvalue weighted by atomic mass is 16.5. The van der Waals surface area contributed by atoms with Gasteiger partial charge in [0, 0.05) is 5.39 Å². The molecule has 0 saturated heterocycles. The summed E-state index contributed by atoms with van der Waals surface area (Å²) in [6.45, 7) is 2.28. The lowest BCUT2D eigenvalue weighted by atomic mass is 10.2. The second kappa shape index (κ2) is 3.87. The molecule has 1 heterocycles. The first-order valence-corrected chi connectivity index (χ1v) is 5.90. The number of aromatic nitrogens is 2. The van der Waals surface area contributed by atoms with Crippen molar-refractivity contribution in [2.24, 2.45) is 5.92 Å². The van der Waals surface area contributed by atoms with Crippen LogP contribution in [0.2, 0.25) is 0 Å². The Labute approximate surface area is 99.2 Å². The minimum atomic E-state index is -0.0999. The van der Waals surface area contributed by atoms with Crippen molar-refractivity contribution in [1.82, 2.24) is 9.78 Å². The summed E-state index contributed by atoms with van der Waals surface area (Å²) < 4.78 is 6.97. The maximum Gasteiger partial charge on any atom is 0.311 e. The molecule has 17 heavy (non-hydrogen) atoms. The van der Waals surface area contributed by atoms with E-state index < -0.39 is 0 Å². The second-order valence-corrected chi connectivity index (χ2v) is 4.31. The third-order valence-electron chi connectivity index (χ3n) is 3.17. The minimum absolute atomic E-state index is 0.0155. The molecule has 0 N–H and O–H groups in total. The SMILES string of the molecule is CCOC(=O)C1CC1n1ncc2ccccc21. The standard InChI is InChI=1S/C13H14N2O2/c1-2-17-13(16)10-7-12(10)15-11-6-4-3-5-9(11)8-14-15/h3-6,8,10,12H,2,7H2,1H3. The van der Waals surface area contributed by atoms with E-state index in [0.29, 0.717) is 6.61 Å². The smallest absolute Gasteiger partial charge is 0.311 e. The number of ether oxygens (including phenoxy) is 1. The van der Waals surface area contributed by atoms with Crippen LogP contribution in [0.4, 0.5) is 0 Å². The molecule has 0 amide bonds. The van der Waals surface area contributed by atoms with Crippen LogP contribution in [0, 0.1) is 5.92 Å². The van der Waals surface area contributed by atoms with Crippen LogP contribution < -0.4 is 0 Å². The van der Waals surface area contributed by atoms with Crippen LogP contribution in [0.15, 0.2) is 30.5 Å². The van der Waals surface area contributed by atoms with Crippen LogP contribution in [0.3, 0.4) is 0 Å². The van der Waals surface area contributed by atoms with Gasteiger partial charge in [0.25, 0.3) is 0 Å². The summed E-state index contributed by atoms with van der Waals surface area (Å²) in [6, 6.07) is 8.21. The van der Waals surface area contributed by atoms with Crippen molar-refractivity contribution in [2.45, 2.75) is 19.4 Å². The van der Waals surface area contributed by atoms with Crippen molar-refractivity contribution in [3.63, 3.8) is 0 Å². The van der Waals surface area contributed by atoms with E-state index in [1.807, 2.05) is 42.1 Å². The first-order valence-electron chi connectivity index (χ1n) is 5.90. The van der Waals surface area contributed by atoms with Crippen LogP contribution in [-0.4, -0.2) is 22.4 Å². The maximum atomic E-state index is 11.6. The van der Waals surface area contributed by atoms with Gasteiger partial charge in [0.05, 0.1) is 30.3 Å². The Bertz CT molecular complexity index is 561. The number of carbonyl (C=O) groups is 1. The highest BCUT2D eigenvalue weighted by molar-refractivity contribution is 5.80. The van der Waals surface area contributed by atoms with Gasteiger partial charge in [0.2, 0.25) is 0 Å². The van der Waals surface area contributed by atoms with E-state index in [1.165, 1.54) is 0 Å². The molecule has 0 aliphatic heterocycles. The van der Waals surface area contributed by atoms with Crippen molar-refractivity contribution in [3.8, 4) is 0 Å². The number of hydrogen-bond acceptors (Lipinski definition) is 3. The molecule has 88 valence electrons. The zero-order chi connectivity index (χ0) is 11.8. The third-order valence-corrected chi connectivity index (χ3v) is 3.17. The van der Waals surface area contributed by atoms with Crippen LogP contribution in [0.25, 0.3) is 10.9 Å². The van der Waals surface area contributed by atoms with Gasteiger partial charge in [-0.2, -0.15) is 5.10 Å². The molecule has 1 fully saturated rings. The Kier molecular flexibility index (Phi) is 2.35. The van der Waals surface area contributed by atoms with Gasteiger partial charge in [0.1, 0.15) is 0 Å². The molecular weight excluding hydrogens is 216 g/mol. The molecule has 2 aromatic rings. The zero-order valence-corrected chi connectivity index (χ0v) is 9.67. The van der Waals surface area contributed by atoms with Gasteiger partial charge in [-0.1, -0.05) is 18.2 Å². The average Bonchev–Trinajstić information content (AvgIpc) is 3.02. The number of carbonyl (C=O) groups excluding carboxylic acids is 1. The molecule has 1 saturated carbocycles. The van der Waals surface area contributed by atoms with Gasteiger partial charge < -0.3 is 4.74 Å². The Morgan fingerprint density at radius 2 is 2.35 bits per heavy atom. The van der Waals surface area contributed by atoms with Gasteiger partial charge in [-0.25, -0.2) is 0 Å². The van der Waals surface area contributed by atoms with Crippen molar-refractivity contribution in [1.29, 1.82) is 0 Å². The van der Waals surface area contributed by atoms with Crippen LogP contribution >= 0.6 is 0 Å². The fraction of sp³-hybridized carbons (Fsp3) is 0.385. The number of benzene rings is 1. The molecule has 2 unspecified atom stereocenters. The molecule has 1 aromatic heterocycles. The van der Waals surface area contributed by atoms with E-state index in [-0.39, 0.29) is 17.9 Å². The predicted molar refractivity (Wildman–Crippen MR) is 63.5 cm³/mol. The Morgan fingerprint density at radius 1 is 1.53 bits per heavy atom. The third kappa shape index (κ3) is 1.69. The van der Waals surface area contributed by atoms with Gasteiger partial charge in [-0.3, -0.25) is 9.48 Å². The number of para-hydroxylation sites is 1. The molecule has 1 aromatic carbocycles. The quantitative estimate of drug-likeness (QED) is 0.759. The average molecular weight is 230 g/mol. The fourth-order valence-corrected chi connectivity index (χ4v) is 2.21. The van der Waals surface area contributed by atoms with Crippen molar-refractivity contribution in [3.05, 3.63) is 30.5 Å². The molecule has 2 atom stereocenters. The molecule has 0 radical (unpaired) electrons. The number of esters is 1. The molecule has 4 heteroatoms. The van der Waals surface area contributed by atoms with Crippen LogP contribution in [-0.2, 0) is 9.53 Å². The molecule has 3 rings (SSSR count). The topological polar surface area (TPSA) is 44.1 Å². The summed E-state index contributed by atoms with van der Waals surface area (Å²) in [5, 5.41) is 5.47. The Balaban J connectivity index is 1.85. The van der Waals surface area contributed by atoms with E-state index in [4.69, 9.17) is 4.74 Å². The highest BCUT2D eigenvalue weighted by Crippen LogP contribution is 2.45. The Morgan fingerprint density at radius 3 is 3.18 bits per heavy atom. The summed E-state index contributed by atoms with van der Waals surface area (Å²) >= 11 is 0. The molecule has 0 spiro atoms. The number of hydrogen-bond donors (Lipinski definition) is 0. The summed E-state index contributed by atoms with van der Waals surface area (Å²) in [6.07, 6.45) is 2.68. The second-order valence-electron chi connectivity index (χ2n) is 4.31. The highest BCUT2D eigenvalue weighted by Gasteiger charge is 2.46. The molecule has 4 nitrogen and oxygen atoms in total. The monoisotopic (exact) mass is 230 g/mol. The van der Waals surface area contributed by atoms with Crippen molar-refractivity contribution in [2.75, 3.05) is 6.61 Å². The normalized spacial score (nSPS) is 22.6. The van der Waals surface area contributed by atoms with Gasteiger partial charge in [0.15, 0.2) is 0 Å². The van der Waals surface area contributed by atoms with E-state index in [1.54, 1.807) is 0 Å². The summed E-state index contributed by atoms with van der Waals surface area (Å²) in [7, 11) is 0. The fourth-order valence-electron chi connectivity index (χ4n) is 2.21. The first-order chi connectivity index (χ1) is 8.31. The number of rotatable bonds is 3. The molecule has 1 aliphatic rings. The summed E-state index contributed by atoms with van der Waals surface area (Å²) in [5.41, 5.74) is 1.09. The van der Waals surface area contributed by atoms with E-state index in [2.05, 4.69) is 5.10 Å². The maximum absolute atomic E-state index is 11.6. The lowest BCUT2D eigenvalue weighted by Crippen LogP contribution is -2.09. The lowest BCUT2D eigenvalue weighted by molar-refractivity contribution is -0.144. The number of nitrogens with zero attached hydrogens (tertiary/aromatic N) is 2. The van der Waals surface area contributed by atoms with Crippen molar-refractivity contribution < 1.29 is 9.53 Å². The zero-order valence-electron chi connectivity index (χ0n) is 9.67. The minimum Gasteiger partial charge on any atom is -0.466 e. The summed E-state index contributed by atoms with van der Waals surface area (Å²) in [5.74, 6) is -0.115. The molecular formula is C13H14N2O2. The van der Waals surface area contributed by atoms with Crippen molar-refractivity contribution >= 4 is 16.9 Å². The number of fused-ring (bicyclic) bond motifs is 1. The van der Waals surface area contributed by atoms with E-state index >= 15 is 0 Å². The van der Waals surface area contributed by atoms with Gasteiger partial charge in [-0.15, -0.1) is 0 Å². The summed E-state index contributed by atoms with van der Waals surface area (Å²) in [4.78, 5) is 11.6. The lowest BCUT2D eigenvalue weighted by Gasteiger charge is -2.03. The van der Waals surface area contributed by atoms with Gasteiger partial charge in [-0.05, 0) is 19.4 Å². The largest absolute Gasteiger partial charge is 0.466 e. The predicted octanol–water partition coefficient (Wildman–Crippen LogP) is 2.16. The molecule has 0 bridgehead atoms. The Hall–Kier alpha value is -1.84. The van der Waals surface area contributed by atoms with Gasteiger partial charge >= 0.3 is 5.97 Å².